The molecule has 0 atom stereocenters. The van der Waals surface area contributed by atoms with Gasteiger partial charge in [-0.3, -0.25) is 4.79 Å². The van der Waals surface area contributed by atoms with Crippen molar-refractivity contribution in [3.63, 3.8) is 0 Å². The molecule has 0 spiro atoms. The maximum atomic E-state index is 12.9. The zero-order chi connectivity index (χ0) is 25.6. The Morgan fingerprint density at radius 3 is 2.54 bits per heavy atom. The van der Waals surface area contributed by atoms with Crippen molar-refractivity contribution < 1.29 is 9.53 Å². The van der Waals surface area contributed by atoms with Gasteiger partial charge in [-0.05, 0) is 48.4 Å². The zero-order valence-corrected chi connectivity index (χ0v) is 22.2. The molecule has 2 aromatic carbocycles. The van der Waals surface area contributed by atoms with Crippen LogP contribution in [0.25, 0.3) is 17.2 Å². The summed E-state index contributed by atoms with van der Waals surface area (Å²) in [5.74, 6) is 2.29. The highest BCUT2D eigenvalue weighted by atomic mass is 35.5. The Morgan fingerprint density at radius 1 is 1.05 bits per heavy atom. The second-order valence-corrected chi connectivity index (χ2v) is 10.2. The molecule has 4 aromatic rings. The molecule has 0 N–H and O–H groups in total. The second-order valence-electron chi connectivity index (χ2n) is 8.70. The number of aromatic nitrogens is 4. The molecule has 1 saturated heterocycles. The minimum absolute atomic E-state index is 0.117. The smallest absolute Gasteiger partial charge is 0.191 e. The number of carbonyl (C=O) groups is 1. The maximum Gasteiger partial charge on any atom is 0.191 e. The number of hydrogen-bond acceptors (Lipinski definition) is 7. The van der Waals surface area contributed by atoms with Crippen LogP contribution in [0.4, 0.5) is 5.82 Å². The van der Waals surface area contributed by atoms with E-state index < -0.39 is 0 Å². The van der Waals surface area contributed by atoms with Gasteiger partial charge in [0, 0.05) is 29.4 Å². The SMILES string of the molecule is CCCSc1nc(N2CCOCC2)c2nc(/C=C/C(=O)c3ccc(Cl)cc3)n(Cc3ccccc3)c2n1. The largest absolute Gasteiger partial charge is 0.378 e. The van der Waals surface area contributed by atoms with Gasteiger partial charge in [0.15, 0.2) is 27.9 Å². The predicted octanol–water partition coefficient (Wildman–Crippen LogP) is 5.76. The lowest BCUT2D eigenvalue weighted by atomic mass is 10.1. The quantitative estimate of drug-likeness (QED) is 0.117. The highest BCUT2D eigenvalue weighted by Gasteiger charge is 2.23. The molecule has 190 valence electrons. The summed E-state index contributed by atoms with van der Waals surface area (Å²) in [5, 5.41) is 1.33. The zero-order valence-electron chi connectivity index (χ0n) is 20.6. The van der Waals surface area contributed by atoms with Crippen molar-refractivity contribution in [2.24, 2.45) is 0 Å². The second kappa shape index (κ2) is 11.9. The fraction of sp³-hybridized carbons (Fsp3) is 0.286. The van der Waals surface area contributed by atoms with E-state index in [1.54, 1.807) is 48.2 Å². The first-order valence-electron chi connectivity index (χ1n) is 12.4. The molecule has 0 amide bonds. The van der Waals surface area contributed by atoms with Crippen LogP contribution in [0.3, 0.4) is 0 Å². The lowest BCUT2D eigenvalue weighted by Crippen LogP contribution is -2.37. The van der Waals surface area contributed by atoms with Gasteiger partial charge < -0.3 is 14.2 Å². The van der Waals surface area contributed by atoms with E-state index in [9.17, 15) is 4.79 Å². The van der Waals surface area contributed by atoms with E-state index in [0.717, 1.165) is 53.0 Å². The third-order valence-corrected chi connectivity index (χ3v) is 7.33. The third kappa shape index (κ3) is 6.04. The van der Waals surface area contributed by atoms with Crippen molar-refractivity contribution in [1.29, 1.82) is 0 Å². The highest BCUT2D eigenvalue weighted by molar-refractivity contribution is 7.99. The lowest BCUT2D eigenvalue weighted by Gasteiger charge is -2.28. The summed E-state index contributed by atoms with van der Waals surface area (Å²) in [4.78, 5) is 29.9. The number of morpholine rings is 1. The highest BCUT2D eigenvalue weighted by Crippen LogP contribution is 2.29. The number of benzene rings is 2. The number of carbonyl (C=O) groups excluding carboxylic acids is 1. The van der Waals surface area contributed by atoms with Crippen molar-refractivity contribution in [3.8, 4) is 0 Å². The third-order valence-electron chi connectivity index (χ3n) is 6.03. The molecule has 0 radical (unpaired) electrons. The normalized spacial score (nSPS) is 14.1. The Kier molecular flexibility index (Phi) is 8.18. The Balaban J connectivity index is 1.61. The summed E-state index contributed by atoms with van der Waals surface area (Å²) in [5.41, 5.74) is 3.18. The van der Waals surface area contributed by atoms with E-state index in [2.05, 4.69) is 28.5 Å². The number of nitrogens with zero attached hydrogens (tertiary/aromatic N) is 5. The van der Waals surface area contributed by atoms with E-state index in [-0.39, 0.29) is 5.78 Å². The van der Waals surface area contributed by atoms with E-state index in [1.165, 1.54) is 0 Å². The van der Waals surface area contributed by atoms with Crippen LogP contribution in [-0.4, -0.2) is 57.4 Å². The summed E-state index contributed by atoms with van der Waals surface area (Å²) in [6.45, 7) is 5.51. The standard InChI is InChI=1S/C28H28ClN5O2S/c1-2-18-37-28-31-26(33-14-16-36-17-15-33)25-27(32-28)34(19-20-6-4-3-5-7-20)24(30-25)13-12-23(35)21-8-10-22(29)11-9-21/h3-13H,2,14-19H2,1H3/b13-12+. The maximum absolute atomic E-state index is 12.9. The number of anilines is 1. The van der Waals surface area contributed by atoms with Gasteiger partial charge in [-0.2, -0.15) is 0 Å². The topological polar surface area (TPSA) is 73.1 Å². The molecule has 0 bridgehead atoms. The van der Waals surface area contributed by atoms with Gasteiger partial charge in [0.05, 0.1) is 19.8 Å². The molecular weight excluding hydrogens is 506 g/mol. The van der Waals surface area contributed by atoms with Crippen molar-refractivity contribution in [1.82, 2.24) is 19.5 Å². The van der Waals surface area contributed by atoms with Crippen LogP contribution in [0, 0.1) is 0 Å². The van der Waals surface area contributed by atoms with Gasteiger partial charge in [0.25, 0.3) is 0 Å². The molecule has 1 aliphatic rings. The van der Waals surface area contributed by atoms with Gasteiger partial charge >= 0.3 is 0 Å². The first kappa shape index (κ1) is 25.4. The number of allylic oxidation sites excluding steroid dienone is 1. The number of hydrogen-bond donors (Lipinski definition) is 0. The minimum atomic E-state index is -0.117. The summed E-state index contributed by atoms with van der Waals surface area (Å²) in [7, 11) is 0. The Bertz CT molecular complexity index is 1400. The van der Waals surface area contributed by atoms with Gasteiger partial charge in [-0.15, -0.1) is 0 Å². The fourth-order valence-electron chi connectivity index (χ4n) is 4.15. The van der Waals surface area contributed by atoms with Crippen molar-refractivity contribution in [2.75, 3.05) is 37.0 Å². The molecule has 1 aliphatic heterocycles. The summed E-state index contributed by atoms with van der Waals surface area (Å²) >= 11 is 7.64. The average Bonchev–Trinajstić information content (AvgIpc) is 3.28. The van der Waals surface area contributed by atoms with Crippen molar-refractivity contribution >= 4 is 52.2 Å². The van der Waals surface area contributed by atoms with Crippen LogP contribution in [0.2, 0.25) is 5.02 Å². The molecule has 5 rings (SSSR count). The van der Waals surface area contributed by atoms with E-state index in [4.69, 9.17) is 31.3 Å². The lowest BCUT2D eigenvalue weighted by molar-refractivity contribution is 0.104. The molecule has 37 heavy (non-hydrogen) atoms. The Hall–Kier alpha value is -3.20. The monoisotopic (exact) mass is 533 g/mol. The molecule has 7 nitrogen and oxygen atoms in total. The van der Waals surface area contributed by atoms with Gasteiger partial charge in [-0.1, -0.05) is 60.6 Å². The summed E-state index contributed by atoms with van der Waals surface area (Å²) in [6.07, 6.45) is 4.35. The fourth-order valence-corrected chi connectivity index (χ4v) is 4.96. The van der Waals surface area contributed by atoms with Crippen LogP contribution in [0.1, 0.15) is 35.1 Å². The molecule has 0 saturated carbocycles. The minimum Gasteiger partial charge on any atom is -0.378 e. The average molecular weight is 534 g/mol. The number of ketones is 1. The first-order valence-corrected chi connectivity index (χ1v) is 13.7. The number of ether oxygens (including phenoxy) is 1. The number of rotatable bonds is 9. The number of imidazole rings is 1. The summed E-state index contributed by atoms with van der Waals surface area (Å²) in [6, 6.07) is 17.1. The van der Waals surface area contributed by atoms with Gasteiger partial charge in [-0.25, -0.2) is 15.0 Å². The van der Waals surface area contributed by atoms with Crippen molar-refractivity contribution in [2.45, 2.75) is 25.0 Å². The molecule has 0 aliphatic carbocycles. The number of halogens is 1. The molecule has 2 aromatic heterocycles. The van der Waals surface area contributed by atoms with E-state index in [0.29, 0.717) is 36.2 Å². The Morgan fingerprint density at radius 2 is 1.81 bits per heavy atom. The van der Waals surface area contributed by atoms with E-state index in [1.807, 2.05) is 18.2 Å². The van der Waals surface area contributed by atoms with Crippen LogP contribution in [0.15, 0.2) is 65.8 Å². The predicted molar refractivity (Wildman–Crippen MR) is 150 cm³/mol. The van der Waals surface area contributed by atoms with Crippen LogP contribution >= 0.6 is 23.4 Å². The molecule has 3 heterocycles. The Labute approximate surface area is 225 Å². The number of fused-ring (bicyclic) bond motifs is 1. The van der Waals surface area contributed by atoms with E-state index >= 15 is 0 Å². The summed E-state index contributed by atoms with van der Waals surface area (Å²) < 4.78 is 7.65. The van der Waals surface area contributed by atoms with Gasteiger partial charge in [0.2, 0.25) is 0 Å². The number of thioether (sulfide) groups is 1. The molecule has 0 unspecified atom stereocenters. The molecular formula is C28H28ClN5O2S. The molecule has 9 heteroatoms. The van der Waals surface area contributed by atoms with Crippen LogP contribution in [-0.2, 0) is 11.3 Å². The van der Waals surface area contributed by atoms with Crippen LogP contribution in [0.5, 0.6) is 0 Å². The van der Waals surface area contributed by atoms with Crippen molar-refractivity contribution in [3.05, 3.63) is 82.6 Å². The van der Waals surface area contributed by atoms with Crippen LogP contribution < -0.4 is 4.90 Å². The first-order chi connectivity index (χ1) is 18.1. The molecule has 1 fully saturated rings. The van der Waals surface area contributed by atoms with Gasteiger partial charge in [0.1, 0.15) is 5.82 Å².